The van der Waals surface area contributed by atoms with E-state index in [0.29, 0.717) is 20.7 Å². The molecule has 0 spiro atoms. The molecule has 134 valence electrons. The van der Waals surface area contributed by atoms with Gasteiger partial charge >= 0.3 is 0 Å². The molecule has 1 aliphatic heterocycles. The maximum atomic E-state index is 12.8. The Kier molecular flexibility index (Phi) is 4.83. The fraction of sp³-hybridized carbons (Fsp3) is 0.0476. The summed E-state index contributed by atoms with van der Waals surface area (Å²) < 4.78 is 11.5. The van der Waals surface area contributed by atoms with Crippen molar-refractivity contribution in [2.45, 2.75) is 0 Å². The molecule has 4 nitrogen and oxygen atoms in total. The molecule has 0 atom stereocenters. The number of thiocarbonyl (C=S) groups is 1. The van der Waals surface area contributed by atoms with Gasteiger partial charge in [-0.1, -0.05) is 54.3 Å². The Bertz CT molecular complexity index is 1020. The second-order valence-corrected chi connectivity index (χ2v) is 7.46. The SMILES string of the molecule is COc1ccc(N2C(=O)/C(=C\c3ccc(-c4ccccc4)o3)SC2=S)cc1. The van der Waals surface area contributed by atoms with Crippen molar-refractivity contribution in [3.05, 3.63) is 77.4 Å². The minimum atomic E-state index is -0.159. The van der Waals surface area contributed by atoms with Crippen LogP contribution in [0.5, 0.6) is 5.75 Å². The molecule has 1 aliphatic rings. The highest BCUT2D eigenvalue weighted by molar-refractivity contribution is 8.27. The van der Waals surface area contributed by atoms with Crippen LogP contribution < -0.4 is 9.64 Å². The molecular weight excluding hydrogens is 378 g/mol. The van der Waals surface area contributed by atoms with Crippen LogP contribution in [0.2, 0.25) is 0 Å². The molecule has 1 saturated heterocycles. The third-order valence-corrected chi connectivity index (χ3v) is 5.38. The first-order valence-electron chi connectivity index (χ1n) is 8.23. The molecule has 0 aliphatic carbocycles. The average molecular weight is 393 g/mol. The predicted octanol–water partition coefficient (Wildman–Crippen LogP) is 5.36. The number of anilines is 1. The number of methoxy groups -OCH3 is 1. The van der Waals surface area contributed by atoms with Gasteiger partial charge in [-0.05, 0) is 36.4 Å². The molecule has 0 bridgehead atoms. The molecule has 4 rings (SSSR count). The van der Waals surface area contributed by atoms with Crippen LogP contribution in [0.25, 0.3) is 17.4 Å². The largest absolute Gasteiger partial charge is 0.497 e. The van der Waals surface area contributed by atoms with Gasteiger partial charge in [0.05, 0.1) is 17.7 Å². The van der Waals surface area contributed by atoms with Gasteiger partial charge < -0.3 is 9.15 Å². The van der Waals surface area contributed by atoms with Crippen molar-refractivity contribution in [3.8, 4) is 17.1 Å². The molecule has 27 heavy (non-hydrogen) atoms. The van der Waals surface area contributed by atoms with E-state index >= 15 is 0 Å². The van der Waals surface area contributed by atoms with Crippen molar-refractivity contribution in [2.24, 2.45) is 0 Å². The number of ether oxygens (including phenoxy) is 1. The van der Waals surface area contributed by atoms with Gasteiger partial charge in [-0.15, -0.1) is 0 Å². The summed E-state index contributed by atoms with van der Waals surface area (Å²) in [6.45, 7) is 0. The first-order valence-corrected chi connectivity index (χ1v) is 9.45. The first kappa shape index (κ1) is 17.6. The summed E-state index contributed by atoms with van der Waals surface area (Å²) in [4.78, 5) is 14.9. The van der Waals surface area contributed by atoms with E-state index in [0.717, 1.165) is 17.1 Å². The van der Waals surface area contributed by atoms with Crippen LogP contribution in [0.15, 0.2) is 76.1 Å². The predicted molar refractivity (Wildman–Crippen MR) is 113 cm³/mol. The fourth-order valence-corrected chi connectivity index (χ4v) is 4.02. The molecule has 0 N–H and O–H groups in total. The van der Waals surface area contributed by atoms with Crippen LogP contribution in [0, 0.1) is 0 Å². The van der Waals surface area contributed by atoms with E-state index in [1.165, 1.54) is 16.7 Å². The van der Waals surface area contributed by atoms with Crippen LogP contribution in [0.4, 0.5) is 5.69 Å². The van der Waals surface area contributed by atoms with Gasteiger partial charge in [-0.25, -0.2) is 0 Å². The Morgan fingerprint density at radius 3 is 2.48 bits per heavy atom. The fourth-order valence-electron chi connectivity index (χ4n) is 2.74. The summed E-state index contributed by atoms with van der Waals surface area (Å²) in [6, 6.07) is 20.8. The third kappa shape index (κ3) is 3.54. The summed E-state index contributed by atoms with van der Waals surface area (Å²) in [5, 5.41) is 0. The number of benzene rings is 2. The number of nitrogens with zero attached hydrogens (tertiary/aromatic N) is 1. The number of rotatable bonds is 4. The van der Waals surface area contributed by atoms with Gasteiger partial charge in [-0.3, -0.25) is 9.69 Å². The van der Waals surface area contributed by atoms with Crippen LogP contribution in [-0.4, -0.2) is 17.3 Å². The summed E-state index contributed by atoms with van der Waals surface area (Å²) >= 11 is 6.67. The first-order chi connectivity index (χ1) is 13.2. The van der Waals surface area contributed by atoms with Gasteiger partial charge in [-0.2, -0.15) is 0 Å². The zero-order chi connectivity index (χ0) is 18.8. The van der Waals surface area contributed by atoms with Crippen molar-refractivity contribution < 1.29 is 13.9 Å². The lowest BCUT2D eigenvalue weighted by molar-refractivity contribution is -0.113. The normalized spacial score (nSPS) is 15.6. The number of carbonyl (C=O) groups is 1. The molecule has 2 aromatic carbocycles. The van der Waals surface area contributed by atoms with Crippen molar-refractivity contribution in [3.63, 3.8) is 0 Å². The number of thioether (sulfide) groups is 1. The summed E-state index contributed by atoms with van der Waals surface area (Å²) in [5.41, 5.74) is 1.70. The quantitative estimate of drug-likeness (QED) is 0.441. The molecule has 2 heterocycles. The van der Waals surface area contributed by atoms with E-state index in [9.17, 15) is 4.79 Å². The third-order valence-electron chi connectivity index (χ3n) is 4.08. The molecule has 1 amide bonds. The van der Waals surface area contributed by atoms with E-state index in [2.05, 4.69) is 0 Å². The van der Waals surface area contributed by atoms with Crippen LogP contribution in [0.1, 0.15) is 5.76 Å². The summed E-state index contributed by atoms with van der Waals surface area (Å²) in [7, 11) is 1.60. The highest BCUT2D eigenvalue weighted by atomic mass is 32.2. The second kappa shape index (κ2) is 7.42. The zero-order valence-corrected chi connectivity index (χ0v) is 16.0. The minimum Gasteiger partial charge on any atom is -0.497 e. The molecule has 0 saturated carbocycles. The number of hydrogen-bond acceptors (Lipinski definition) is 5. The van der Waals surface area contributed by atoms with Crippen LogP contribution in [0.3, 0.4) is 0 Å². The number of furan rings is 1. The van der Waals surface area contributed by atoms with Crippen LogP contribution in [-0.2, 0) is 4.79 Å². The highest BCUT2D eigenvalue weighted by Gasteiger charge is 2.33. The second-order valence-electron chi connectivity index (χ2n) is 5.78. The lowest BCUT2D eigenvalue weighted by Crippen LogP contribution is -2.27. The van der Waals surface area contributed by atoms with Gasteiger partial charge in [0, 0.05) is 11.6 Å². The molecule has 1 aromatic heterocycles. The number of amides is 1. The topological polar surface area (TPSA) is 42.7 Å². The van der Waals surface area contributed by atoms with E-state index in [1.54, 1.807) is 25.3 Å². The molecule has 6 heteroatoms. The zero-order valence-electron chi connectivity index (χ0n) is 14.4. The van der Waals surface area contributed by atoms with Crippen molar-refractivity contribution >= 4 is 46.0 Å². The Morgan fingerprint density at radius 1 is 1.04 bits per heavy atom. The molecule has 0 unspecified atom stereocenters. The van der Waals surface area contributed by atoms with Gasteiger partial charge in [0.2, 0.25) is 0 Å². The van der Waals surface area contributed by atoms with E-state index in [1.807, 2.05) is 54.6 Å². The number of hydrogen-bond donors (Lipinski definition) is 0. The maximum absolute atomic E-state index is 12.8. The Labute approximate surface area is 166 Å². The Balaban J connectivity index is 1.59. The van der Waals surface area contributed by atoms with Gasteiger partial charge in [0.15, 0.2) is 4.32 Å². The molecule has 0 radical (unpaired) electrons. The molecule has 1 fully saturated rings. The van der Waals surface area contributed by atoms with Gasteiger partial charge in [0.25, 0.3) is 5.91 Å². The van der Waals surface area contributed by atoms with Crippen molar-refractivity contribution in [1.29, 1.82) is 0 Å². The van der Waals surface area contributed by atoms with Crippen molar-refractivity contribution in [1.82, 2.24) is 0 Å². The lowest BCUT2D eigenvalue weighted by atomic mass is 10.2. The van der Waals surface area contributed by atoms with E-state index in [-0.39, 0.29) is 5.91 Å². The van der Waals surface area contributed by atoms with Crippen molar-refractivity contribution in [2.75, 3.05) is 12.0 Å². The number of carbonyl (C=O) groups excluding carboxylic acids is 1. The summed E-state index contributed by atoms with van der Waals surface area (Å²) in [5.74, 6) is 1.94. The average Bonchev–Trinajstić information content (AvgIpc) is 3.27. The van der Waals surface area contributed by atoms with Gasteiger partial charge in [0.1, 0.15) is 17.3 Å². The Morgan fingerprint density at radius 2 is 1.78 bits per heavy atom. The smallest absolute Gasteiger partial charge is 0.270 e. The maximum Gasteiger partial charge on any atom is 0.270 e. The molecular formula is C21H15NO3S2. The van der Waals surface area contributed by atoms with E-state index < -0.39 is 0 Å². The monoisotopic (exact) mass is 393 g/mol. The van der Waals surface area contributed by atoms with Crippen LogP contribution >= 0.6 is 24.0 Å². The Hall–Kier alpha value is -2.83. The molecule has 3 aromatic rings. The standard InChI is InChI=1S/C21H15NO3S2/c1-24-16-9-7-15(8-10-16)22-20(23)19(27-21(22)26)13-17-11-12-18(25-17)14-5-3-2-4-6-14/h2-13H,1H3/b19-13+. The highest BCUT2D eigenvalue weighted by Crippen LogP contribution is 2.37. The lowest BCUT2D eigenvalue weighted by Gasteiger charge is -2.14. The van der Waals surface area contributed by atoms with E-state index in [4.69, 9.17) is 21.4 Å². The minimum absolute atomic E-state index is 0.159. The summed E-state index contributed by atoms with van der Waals surface area (Å²) in [6.07, 6.45) is 1.73.